The van der Waals surface area contributed by atoms with Crippen LogP contribution < -0.4 is 14.8 Å². The zero-order valence-electron chi connectivity index (χ0n) is 14.9. The van der Waals surface area contributed by atoms with E-state index in [-0.39, 0.29) is 18.6 Å². The first-order valence-corrected chi connectivity index (χ1v) is 9.71. The predicted molar refractivity (Wildman–Crippen MR) is 108 cm³/mol. The number of rotatable bonds is 9. The van der Waals surface area contributed by atoms with Gasteiger partial charge in [-0.25, -0.2) is 0 Å². The van der Waals surface area contributed by atoms with Gasteiger partial charge in [0.05, 0.1) is 10.6 Å². The van der Waals surface area contributed by atoms with Gasteiger partial charge in [0.1, 0.15) is 11.5 Å². The summed E-state index contributed by atoms with van der Waals surface area (Å²) in [5.74, 6) is 1.32. The van der Waals surface area contributed by atoms with Crippen LogP contribution in [0, 0.1) is 0 Å². The molecular weight excluding hydrogens is 418 g/mol. The van der Waals surface area contributed by atoms with Crippen molar-refractivity contribution in [3.8, 4) is 11.5 Å². The molecule has 0 aromatic heterocycles. The number of nitrogens with one attached hydrogen (secondary N) is 1. The Kier molecular flexibility index (Phi) is 8.26. The fourth-order valence-electron chi connectivity index (χ4n) is 2.35. The molecule has 0 bridgehead atoms. The summed E-state index contributed by atoms with van der Waals surface area (Å²) in [6.45, 7) is 4.58. The zero-order valence-corrected chi connectivity index (χ0v) is 17.3. The highest BCUT2D eigenvalue weighted by Crippen LogP contribution is 2.27. The summed E-state index contributed by atoms with van der Waals surface area (Å²) < 4.78 is 11.9. The van der Waals surface area contributed by atoms with Gasteiger partial charge in [0.15, 0.2) is 6.61 Å². The first-order chi connectivity index (χ1) is 12.4. The Balaban J connectivity index is 1.68. The van der Waals surface area contributed by atoms with Crippen LogP contribution in [0.1, 0.15) is 25.8 Å². The second-order valence-corrected chi connectivity index (χ2v) is 7.42. The third-order valence-electron chi connectivity index (χ3n) is 3.49. The minimum Gasteiger partial charge on any atom is -0.491 e. The number of amides is 1. The molecule has 1 N–H and O–H groups in total. The molecule has 0 radical (unpaired) electrons. The van der Waals surface area contributed by atoms with E-state index in [9.17, 15) is 4.79 Å². The van der Waals surface area contributed by atoms with Crippen LogP contribution in [0.4, 0.5) is 0 Å². The molecule has 0 saturated carbocycles. The van der Waals surface area contributed by atoms with Crippen molar-refractivity contribution in [2.75, 3.05) is 13.2 Å². The van der Waals surface area contributed by atoms with Crippen LogP contribution >= 0.6 is 27.5 Å². The van der Waals surface area contributed by atoms with Crippen LogP contribution in [0.25, 0.3) is 0 Å². The highest BCUT2D eigenvalue weighted by Gasteiger charge is 2.06. The number of hydrogen-bond acceptors (Lipinski definition) is 3. The molecule has 2 aromatic carbocycles. The van der Waals surface area contributed by atoms with Crippen molar-refractivity contribution in [2.24, 2.45) is 0 Å². The Bertz CT molecular complexity index is 737. The Labute approximate surface area is 168 Å². The number of carbonyl (C=O) groups is 1. The summed E-state index contributed by atoms with van der Waals surface area (Å²) in [5, 5.41) is 3.47. The lowest BCUT2D eigenvalue weighted by atomic mass is 10.1. The van der Waals surface area contributed by atoms with Crippen molar-refractivity contribution >= 4 is 33.4 Å². The molecule has 140 valence electrons. The maximum atomic E-state index is 11.9. The maximum absolute atomic E-state index is 11.9. The third kappa shape index (κ3) is 7.26. The maximum Gasteiger partial charge on any atom is 0.257 e. The van der Waals surface area contributed by atoms with Crippen LogP contribution in [0.2, 0.25) is 5.02 Å². The monoisotopic (exact) mass is 439 g/mol. The Hall–Kier alpha value is -1.72. The molecule has 0 unspecified atom stereocenters. The molecular formula is C20H23BrClNO3. The summed E-state index contributed by atoms with van der Waals surface area (Å²) in [6, 6.07) is 13.2. The Morgan fingerprint density at radius 1 is 1.23 bits per heavy atom. The van der Waals surface area contributed by atoms with Crippen molar-refractivity contribution in [3.63, 3.8) is 0 Å². The van der Waals surface area contributed by atoms with Gasteiger partial charge in [-0.05, 0) is 78.5 Å². The van der Waals surface area contributed by atoms with Crippen molar-refractivity contribution in [2.45, 2.75) is 32.8 Å². The molecule has 6 heteroatoms. The minimum absolute atomic E-state index is 0.0298. The van der Waals surface area contributed by atoms with Crippen molar-refractivity contribution in [1.82, 2.24) is 5.32 Å². The average Bonchev–Trinajstić information content (AvgIpc) is 2.58. The van der Waals surface area contributed by atoms with Gasteiger partial charge >= 0.3 is 0 Å². The van der Waals surface area contributed by atoms with Gasteiger partial charge in [-0.15, -0.1) is 0 Å². The molecule has 2 aromatic rings. The van der Waals surface area contributed by atoms with E-state index in [0.717, 1.165) is 23.1 Å². The van der Waals surface area contributed by atoms with Crippen LogP contribution in [0.15, 0.2) is 46.9 Å². The summed E-state index contributed by atoms with van der Waals surface area (Å²) in [4.78, 5) is 11.9. The molecule has 0 aliphatic rings. The highest BCUT2D eigenvalue weighted by molar-refractivity contribution is 9.10. The number of ether oxygens (including phenoxy) is 2. The lowest BCUT2D eigenvalue weighted by Gasteiger charge is -2.11. The van der Waals surface area contributed by atoms with E-state index < -0.39 is 0 Å². The van der Waals surface area contributed by atoms with Crippen molar-refractivity contribution in [1.29, 1.82) is 0 Å². The number of halogens is 2. The smallest absolute Gasteiger partial charge is 0.257 e. The predicted octanol–water partition coefficient (Wildman–Crippen LogP) is 5.02. The molecule has 1 amide bonds. The highest BCUT2D eigenvalue weighted by atomic mass is 79.9. The van der Waals surface area contributed by atoms with Gasteiger partial charge in [-0.2, -0.15) is 0 Å². The summed E-state index contributed by atoms with van der Waals surface area (Å²) in [5.41, 5.74) is 1.19. The number of carbonyl (C=O) groups excluding carboxylic acids is 1. The first-order valence-electron chi connectivity index (χ1n) is 8.54. The second-order valence-electron chi connectivity index (χ2n) is 6.13. The van der Waals surface area contributed by atoms with E-state index in [1.54, 1.807) is 18.2 Å². The number of hydrogen-bond donors (Lipinski definition) is 1. The van der Waals surface area contributed by atoms with Gasteiger partial charge in [0.25, 0.3) is 5.91 Å². The van der Waals surface area contributed by atoms with Gasteiger partial charge in [-0.3, -0.25) is 4.79 Å². The fraction of sp³-hybridized carbons (Fsp3) is 0.350. The molecule has 0 saturated heterocycles. The SMILES string of the molecule is CC(C)Oc1cccc(CCCNC(=O)COc2ccc(Cl)cc2Br)c1. The van der Waals surface area contributed by atoms with Gasteiger partial charge in [0, 0.05) is 11.6 Å². The van der Waals surface area contributed by atoms with Crippen LogP contribution in [0.5, 0.6) is 11.5 Å². The second kappa shape index (κ2) is 10.4. The molecule has 4 nitrogen and oxygen atoms in total. The molecule has 0 fully saturated rings. The topological polar surface area (TPSA) is 47.6 Å². The first kappa shape index (κ1) is 20.6. The zero-order chi connectivity index (χ0) is 18.9. The molecule has 26 heavy (non-hydrogen) atoms. The van der Waals surface area contributed by atoms with Crippen molar-refractivity contribution in [3.05, 3.63) is 57.5 Å². The van der Waals surface area contributed by atoms with Crippen LogP contribution in [0.3, 0.4) is 0 Å². The lowest BCUT2D eigenvalue weighted by molar-refractivity contribution is -0.123. The quantitative estimate of drug-likeness (QED) is 0.557. The van der Waals surface area contributed by atoms with Gasteiger partial charge in [-0.1, -0.05) is 23.7 Å². The van der Waals surface area contributed by atoms with Gasteiger partial charge < -0.3 is 14.8 Å². The summed E-state index contributed by atoms with van der Waals surface area (Å²) in [6.07, 6.45) is 1.88. The molecule has 0 spiro atoms. The molecule has 0 atom stereocenters. The Morgan fingerprint density at radius 2 is 2.04 bits per heavy atom. The van der Waals surface area contributed by atoms with Gasteiger partial charge in [0.2, 0.25) is 0 Å². The lowest BCUT2D eigenvalue weighted by Crippen LogP contribution is -2.29. The van der Waals surface area contributed by atoms with Crippen LogP contribution in [-0.2, 0) is 11.2 Å². The third-order valence-corrected chi connectivity index (χ3v) is 4.34. The molecule has 0 aliphatic carbocycles. The number of aryl methyl sites for hydroxylation is 1. The van der Waals surface area contributed by atoms with E-state index in [4.69, 9.17) is 21.1 Å². The molecule has 0 aliphatic heterocycles. The average molecular weight is 441 g/mol. The standard InChI is InChI=1S/C20H23BrClNO3/c1-14(2)26-17-7-3-5-15(11-17)6-4-10-23-20(24)13-25-19-9-8-16(22)12-18(19)21/h3,5,7-9,11-12,14H,4,6,10,13H2,1-2H3,(H,23,24). The van der Waals surface area contributed by atoms with Crippen LogP contribution in [-0.4, -0.2) is 25.2 Å². The Morgan fingerprint density at radius 3 is 2.77 bits per heavy atom. The number of benzene rings is 2. The normalized spacial score (nSPS) is 10.7. The van der Waals surface area contributed by atoms with E-state index in [1.165, 1.54) is 5.56 Å². The molecule has 2 rings (SSSR count). The van der Waals surface area contributed by atoms with E-state index in [1.807, 2.05) is 32.0 Å². The van der Waals surface area contributed by atoms with E-state index in [2.05, 4.69) is 27.3 Å². The molecule has 0 heterocycles. The van der Waals surface area contributed by atoms with E-state index >= 15 is 0 Å². The fourth-order valence-corrected chi connectivity index (χ4v) is 3.15. The summed E-state index contributed by atoms with van der Waals surface area (Å²) in [7, 11) is 0. The summed E-state index contributed by atoms with van der Waals surface area (Å²) >= 11 is 9.23. The van der Waals surface area contributed by atoms with Crippen molar-refractivity contribution < 1.29 is 14.3 Å². The minimum atomic E-state index is -0.149. The largest absolute Gasteiger partial charge is 0.491 e. The van der Waals surface area contributed by atoms with E-state index in [0.29, 0.717) is 17.3 Å².